The standard InChI is InChI=1S/C12H20N2O/c1-4-14(8-10(2)3)9-12-11(7-13)5-6-15-12/h5-6H,2,4,7-9,13H2,1,3H3. The Morgan fingerprint density at radius 1 is 1.60 bits per heavy atom. The summed E-state index contributed by atoms with van der Waals surface area (Å²) in [5.41, 5.74) is 7.87. The molecule has 0 fully saturated rings. The van der Waals surface area contributed by atoms with E-state index in [4.69, 9.17) is 10.2 Å². The molecule has 2 N–H and O–H groups in total. The first-order valence-corrected chi connectivity index (χ1v) is 5.29. The van der Waals surface area contributed by atoms with Gasteiger partial charge in [-0.1, -0.05) is 19.1 Å². The number of nitrogens with two attached hydrogens (primary N) is 1. The van der Waals surface area contributed by atoms with Crippen LogP contribution < -0.4 is 5.73 Å². The van der Waals surface area contributed by atoms with Gasteiger partial charge in [-0.25, -0.2) is 0 Å². The van der Waals surface area contributed by atoms with Gasteiger partial charge in [-0.2, -0.15) is 0 Å². The number of nitrogens with zero attached hydrogens (tertiary/aromatic N) is 1. The lowest BCUT2D eigenvalue weighted by Gasteiger charge is -2.19. The van der Waals surface area contributed by atoms with E-state index in [0.29, 0.717) is 6.54 Å². The Morgan fingerprint density at radius 3 is 2.87 bits per heavy atom. The summed E-state index contributed by atoms with van der Waals surface area (Å²) in [5.74, 6) is 0.973. The van der Waals surface area contributed by atoms with Crippen LogP contribution in [-0.2, 0) is 13.1 Å². The maximum atomic E-state index is 5.62. The van der Waals surface area contributed by atoms with E-state index < -0.39 is 0 Å². The fraction of sp³-hybridized carbons (Fsp3) is 0.500. The van der Waals surface area contributed by atoms with E-state index in [1.54, 1.807) is 6.26 Å². The quantitative estimate of drug-likeness (QED) is 0.728. The molecule has 1 aromatic rings. The van der Waals surface area contributed by atoms with Gasteiger partial charge in [0.15, 0.2) is 0 Å². The van der Waals surface area contributed by atoms with Gasteiger partial charge in [-0.05, 0) is 19.5 Å². The third-order valence-electron chi connectivity index (χ3n) is 2.37. The van der Waals surface area contributed by atoms with Crippen LogP contribution in [0.5, 0.6) is 0 Å². The molecule has 0 aromatic carbocycles. The lowest BCUT2D eigenvalue weighted by molar-refractivity contribution is 0.274. The number of rotatable bonds is 6. The van der Waals surface area contributed by atoms with Crippen molar-refractivity contribution in [3.63, 3.8) is 0 Å². The molecule has 0 aliphatic rings. The van der Waals surface area contributed by atoms with Crippen LogP contribution in [0.1, 0.15) is 25.2 Å². The second-order valence-electron chi connectivity index (χ2n) is 3.83. The van der Waals surface area contributed by atoms with E-state index in [-0.39, 0.29) is 0 Å². The summed E-state index contributed by atoms with van der Waals surface area (Å²) in [6.45, 7) is 11.3. The number of hydrogen-bond acceptors (Lipinski definition) is 3. The average Bonchev–Trinajstić information content (AvgIpc) is 2.63. The molecule has 0 amide bonds. The van der Waals surface area contributed by atoms with Crippen molar-refractivity contribution in [1.82, 2.24) is 4.90 Å². The number of hydrogen-bond donors (Lipinski definition) is 1. The van der Waals surface area contributed by atoms with E-state index in [9.17, 15) is 0 Å². The Labute approximate surface area is 91.6 Å². The molecule has 0 aliphatic heterocycles. The van der Waals surface area contributed by atoms with Gasteiger partial charge < -0.3 is 10.2 Å². The second-order valence-corrected chi connectivity index (χ2v) is 3.83. The zero-order valence-corrected chi connectivity index (χ0v) is 9.62. The maximum absolute atomic E-state index is 5.62. The third-order valence-corrected chi connectivity index (χ3v) is 2.37. The highest BCUT2D eigenvalue weighted by molar-refractivity contribution is 5.16. The SMILES string of the molecule is C=C(C)CN(CC)Cc1occc1CN. The van der Waals surface area contributed by atoms with Gasteiger partial charge in [0.05, 0.1) is 12.8 Å². The van der Waals surface area contributed by atoms with Crippen molar-refractivity contribution in [2.75, 3.05) is 13.1 Å². The van der Waals surface area contributed by atoms with Crippen molar-refractivity contribution in [3.05, 3.63) is 35.8 Å². The number of furan rings is 1. The molecule has 0 spiro atoms. The molecule has 0 saturated carbocycles. The Morgan fingerprint density at radius 2 is 2.33 bits per heavy atom. The van der Waals surface area contributed by atoms with Crippen molar-refractivity contribution in [3.8, 4) is 0 Å². The van der Waals surface area contributed by atoms with Gasteiger partial charge >= 0.3 is 0 Å². The molecule has 1 heterocycles. The van der Waals surface area contributed by atoms with Crippen molar-refractivity contribution < 1.29 is 4.42 Å². The van der Waals surface area contributed by atoms with Gasteiger partial charge in [0.25, 0.3) is 0 Å². The largest absolute Gasteiger partial charge is 0.468 e. The van der Waals surface area contributed by atoms with Gasteiger partial charge in [-0.3, -0.25) is 4.90 Å². The van der Waals surface area contributed by atoms with Crippen LogP contribution >= 0.6 is 0 Å². The second kappa shape index (κ2) is 5.73. The van der Waals surface area contributed by atoms with Crippen molar-refractivity contribution in [1.29, 1.82) is 0 Å². The maximum Gasteiger partial charge on any atom is 0.122 e. The molecular weight excluding hydrogens is 188 g/mol. The normalized spacial score (nSPS) is 10.9. The van der Waals surface area contributed by atoms with Crippen LogP contribution in [-0.4, -0.2) is 18.0 Å². The van der Waals surface area contributed by atoms with E-state index in [1.165, 1.54) is 0 Å². The third kappa shape index (κ3) is 3.53. The molecule has 1 aromatic heterocycles. The molecule has 3 nitrogen and oxygen atoms in total. The van der Waals surface area contributed by atoms with Crippen LogP contribution in [0.25, 0.3) is 0 Å². The monoisotopic (exact) mass is 208 g/mol. The Kier molecular flexibility index (Phi) is 4.59. The van der Waals surface area contributed by atoms with Crippen molar-refractivity contribution in [2.24, 2.45) is 5.73 Å². The first-order valence-electron chi connectivity index (χ1n) is 5.29. The van der Waals surface area contributed by atoms with Gasteiger partial charge in [0.2, 0.25) is 0 Å². The highest BCUT2D eigenvalue weighted by Gasteiger charge is 2.09. The Bertz CT molecular complexity index is 317. The lowest BCUT2D eigenvalue weighted by Crippen LogP contribution is -2.24. The summed E-state index contributed by atoms with van der Waals surface area (Å²) in [7, 11) is 0. The summed E-state index contributed by atoms with van der Waals surface area (Å²) >= 11 is 0. The lowest BCUT2D eigenvalue weighted by atomic mass is 10.2. The van der Waals surface area contributed by atoms with Crippen LogP contribution in [0.3, 0.4) is 0 Å². The molecule has 0 aliphatic carbocycles. The van der Waals surface area contributed by atoms with Gasteiger partial charge in [-0.15, -0.1) is 0 Å². The van der Waals surface area contributed by atoms with Crippen LogP contribution in [0.4, 0.5) is 0 Å². The minimum Gasteiger partial charge on any atom is -0.468 e. The van der Waals surface area contributed by atoms with E-state index in [0.717, 1.165) is 36.5 Å². The minimum absolute atomic E-state index is 0.538. The minimum atomic E-state index is 0.538. The fourth-order valence-corrected chi connectivity index (χ4v) is 1.55. The molecule has 15 heavy (non-hydrogen) atoms. The Hall–Kier alpha value is -1.06. The molecule has 0 radical (unpaired) electrons. The molecule has 0 bridgehead atoms. The average molecular weight is 208 g/mol. The van der Waals surface area contributed by atoms with Crippen LogP contribution in [0, 0.1) is 0 Å². The highest BCUT2D eigenvalue weighted by atomic mass is 16.3. The Balaban J connectivity index is 2.62. The summed E-state index contributed by atoms with van der Waals surface area (Å²) in [4.78, 5) is 2.28. The van der Waals surface area contributed by atoms with E-state index in [1.807, 2.05) is 13.0 Å². The summed E-state index contributed by atoms with van der Waals surface area (Å²) in [6.07, 6.45) is 1.70. The molecule has 0 unspecified atom stereocenters. The molecule has 0 saturated heterocycles. The molecule has 0 atom stereocenters. The van der Waals surface area contributed by atoms with Crippen molar-refractivity contribution >= 4 is 0 Å². The summed E-state index contributed by atoms with van der Waals surface area (Å²) in [5, 5.41) is 0. The zero-order chi connectivity index (χ0) is 11.3. The van der Waals surface area contributed by atoms with Gasteiger partial charge in [0, 0.05) is 18.7 Å². The molecular formula is C12H20N2O. The van der Waals surface area contributed by atoms with Crippen molar-refractivity contribution in [2.45, 2.75) is 26.9 Å². The van der Waals surface area contributed by atoms with E-state index in [2.05, 4.69) is 18.4 Å². The topological polar surface area (TPSA) is 42.4 Å². The highest BCUT2D eigenvalue weighted by Crippen LogP contribution is 2.13. The fourth-order valence-electron chi connectivity index (χ4n) is 1.55. The summed E-state index contributed by atoms with van der Waals surface area (Å²) < 4.78 is 5.42. The van der Waals surface area contributed by atoms with Crippen LogP contribution in [0.15, 0.2) is 28.9 Å². The molecule has 3 heteroatoms. The first-order chi connectivity index (χ1) is 7.17. The zero-order valence-electron chi connectivity index (χ0n) is 9.62. The predicted molar refractivity (Wildman–Crippen MR) is 62.4 cm³/mol. The number of likely N-dealkylation sites (N-methyl/N-ethyl adjacent to an activating group) is 1. The van der Waals surface area contributed by atoms with Crippen LogP contribution in [0.2, 0.25) is 0 Å². The first kappa shape index (κ1) is 12.0. The van der Waals surface area contributed by atoms with E-state index >= 15 is 0 Å². The van der Waals surface area contributed by atoms with Gasteiger partial charge in [0.1, 0.15) is 5.76 Å². The summed E-state index contributed by atoms with van der Waals surface area (Å²) in [6, 6.07) is 1.93. The molecule has 1 rings (SSSR count). The molecule has 84 valence electrons. The predicted octanol–water partition coefficient (Wildman–Crippen LogP) is 2.14. The smallest absolute Gasteiger partial charge is 0.122 e.